The lowest BCUT2D eigenvalue weighted by molar-refractivity contribution is 0.586. The average Bonchev–Trinajstić information content (AvgIpc) is 1.61. The molecule has 0 rings (SSSR count). The summed E-state index contributed by atoms with van der Waals surface area (Å²) >= 11 is 5.37. The van der Waals surface area contributed by atoms with Gasteiger partial charge in [-0.15, -0.1) is 6.42 Å². The van der Waals surface area contributed by atoms with E-state index in [0.717, 1.165) is 11.8 Å². The summed E-state index contributed by atoms with van der Waals surface area (Å²) in [6.07, 6.45) is 4.84. The minimum absolute atomic E-state index is 0.0852. The van der Waals surface area contributed by atoms with Gasteiger partial charge in [0.25, 0.3) is 0 Å². The molecule has 0 heterocycles. The van der Waals surface area contributed by atoms with Crippen LogP contribution in [0, 0.1) is 12.3 Å². The second-order valence-corrected chi connectivity index (χ2v) is 2.37. The molecule has 0 atom stereocenters. The highest BCUT2D eigenvalue weighted by Crippen LogP contribution is 1.97. The fraction of sp³-hybridized carbons (Fsp3) is 0.250. The molecule has 38 valence electrons. The van der Waals surface area contributed by atoms with E-state index in [0.29, 0.717) is 5.75 Å². The highest BCUT2D eigenvalue weighted by Gasteiger charge is 1.84. The lowest BCUT2D eigenvalue weighted by Gasteiger charge is -1.83. The van der Waals surface area contributed by atoms with Crippen LogP contribution in [0.2, 0.25) is 0 Å². The van der Waals surface area contributed by atoms with Gasteiger partial charge >= 0.3 is 0 Å². The summed E-state index contributed by atoms with van der Waals surface area (Å²) in [7, 11) is 0. The normalized spacial score (nSPS) is 7.29. The van der Waals surface area contributed by atoms with Crippen LogP contribution in [0.4, 0.5) is 0 Å². The van der Waals surface area contributed by atoms with Crippen molar-refractivity contribution >= 4 is 28.4 Å². The van der Waals surface area contributed by atoms with E-state index < -0.39 is 0 Å². The largest absolute Gasteiger partial charge is 0.494 e. The fourth-order valence-corrected chi connectivity index (χ4v) is 0.487. The van der Waals surface area contributed by atoms with E-state index in [1.165, 1.54) is 0 Å². The van der Waals surface area contributed by atoms with Gasteiger partial charge in [0, 0.05) is 0 Å². The van der Waals surface area contributed by atoms with E-state index in [2.05, 4.69) is 18.1 Å². The fourth-order valence-electron chi connectivity index (χ4n) is 0.103. The molecule has 0 aromatic rings. The Morgan fingerprint density at radius 3 is 2.71 bits per heavy atom. The van der Waals surface area contributed by atoms with Crippen molar-refractivity contribution in [2.75, 3.05) is 5.75 Å². The maximum Gasteiger partial charge on any atom is 0.218 e. The number of rotatable bonds is 1. The molecule has 0 saturated heterocycles. The van der Waals surface area contributed by atoms with Crippen molar-refractivity contribution < 1.29 is 5.11 Å². The van der Waals surface area contributed by atoms with Crippen molar-refractivity contribution in [1.82, 2.24) is 0 Å². The van der Waals surface area contributed by atoms with Crippen LogP contribution >= 0.6 is 24.0 Å². The summed E-state index contributed by atoms with van der Waals surface area (Å²) in [5, 5.41) is 8.28. The molecule has 0 amide bonds. The SMILES string of the molecule is C#CCSC(O)=S. The number of hydrogen-bond donors (Lipinski definition) is 1. The van der Waals surface area contributed by atoms with Crippen LogP contribution in [0.5, 0.6) is 0 Å². The van der Waals surface area contributed by atoms with Gasteiger partial charge in [-0.3, -0.25) is 0 Å². The Bertz CT molecular complexity index is 103. The molecule has 0 aliphatic rings. The number of aliphatic hydroxyl groups is 1. The summed E-state index contributed by atoms with van der Waals surface area (Å²) in [5.41, 5.74) is 0. The van der Waals surface area contributed by atoms with Crippen molar-refractivity contribution in [3.63, 3.8) is 0 Å². The Morgan fingerprint density at radius 1 is 2.00 bits per heavy atom. The second-order valence-electron chi connectivity index (χ2n) is 0.759. The highest BCUT2D eigenvalue weighted by atomic mass is 32.2. The molecule has 0 unspecified atom stereocenters. The van der Waals surface area contributed by atoms with E-state index in [9.17, 15) is 0 Å². The lowest BCUT2D eigenvalue weighted by atomic mass is 10.8. The molecule has 0 aliphatic heterocycles. The molecule has 0 aliphatic carbocycles. The van der Waals surface area contributed by atoms with Crippen molar-refractivity contribution in [3.8, 4) is 12.3 Å². The first-order chi connectivity index (χ1) is 3.27. The quantitative estimate of drug-likeness (QED) is 0.427. The van der Waals surface area contributed by atoms with Gasteiger partial charge in [-0.1, -0.05) is 17.7 Å². The van der Waals surface area contributed by atoms with Crippen LogP contribution in [0.3, 0.4) is 0 Å². The Kier molecular flexibility index (Phi) is 3.86. The molecular weight excluding hydrogens is 128 g/mol. The zero-order valence-electron chi connectivity index (χ0n) is 3.55. The first kappa shape index (κ1) is 6.80. The third-order valence-corrected chi connectivity index (χ3v) is 1.19. The van der Waals surface area contributed by atoms with Crippen molar-refractivity contribution in [2.45, 2.75) is 0 Å². The Labute approximate surface area is 52.1 Å². The highest BCUT2D eigenvalue weighted by molar-refractivity contribution is 8.22. The van der Waals surface area contributed by atoms with E-state index in [-0.39, 0.29) is 4.38 Å². The maximum absolute atomic E-state index is 8.28. The van der Waals surface area contributed by atoms with Crippen LogP contribution < -0.4 is 0 Å². The summed E-state index contributed by atoms with van der Waals surface area (Å²) in [6, 6.07) is 0. The van der Waals surface area contributed by atoms with Gasteiger partial charge in [0.1, 0.15) is 0 Å². The maximum atomic E-state index is 8.28. The van der Waals surface area contributed by atoms with Gasteiger partial charge in [0.05, 0.1) is 5.75 Å². The van der Waals surface area contributed by atoms with Crippen LogP contribution in [-0.4, -0.2) is 15.2 Å². The first-order valence-corrected chi connectivity index (χ1v) is 2.96. The minimum atomic E-state index is -0.0852. The summed E-state index contributed by atoms with van der Waals surface area (Å²) < 4.78 is -0.0852. The minimum Gasteiger partial charge on any atom is -0.494 e. The predicted octanol–water partition coefficient (Wildman–Crippen LogP) is 1.20. The molecule has 0 aromatic heterocycles. The zero-order valence-corrected chi connectivity index (χ0v) is 5.18. The van der Waals surface area contributed by atoms with Crippen molar-refractivity contribution in [3.05, 3.63) is 0 Å². The molecule has 0 bridgehead atoms. The summed E-state index contributed by atoms with van der Waals surface area (Å²) in [4.78, 5) is 0. The molecule has 0 saturated carbocycles. The standard InChI is InChI=1S/C4H4OS2/c1-2-3-7-4(5)6/h1H,3H2,(H,5,6). The van der Waals surface area contributed by atoms with Gasteiger partial charge in [-0.05, 0) is 12.2 Å². The molecule has 0 spiro atoms. The number of aliphatic hydroxyl groups excluding tert-OH is 1. The topological polar surface area (TPSA) is 20.2 Å². The molecular formula is C4H4OS2. The van der Waals surface area contributed by atoms with Crippen LogP contribution in [0.15, 0.2) is 0 Å². The van der Waals surface area contributed by atoms with E-state index in [1.807, 2.05) is 0 Å². The Hall–Kier alpha value is -0.200. The van der Waals surface area contributed by atoms with Crippen LogP contribution in [0.25, 0.3) is 0 Å². The number of thiocarbonyl (C=S) groups is 1. The second kappa shape index (κ2) is 3.97. The Morgan fingerprint density at radius 2 is 2.57 bits per heavy atom. The smallest absolute Gasteiger partial charge is 0.218 e. The van der Waals surface area contributed by atoms with Gasteiger partial charge in [0.2, 0.25) is 4.38 Å². The number of terminal acetylenes is 1. The van der Waals surface area contributed by atoms with E-state index in [4.69, 9.17) is 11.5 Å². The predicted molar refractivity (Wildman–Crippen MR) is 36.5 cm³/mol. The molecule has 0 radical (unpaired) electrons. The average molecular weight is 132 g/mol. The zero-order chi connectivity index (χ0) is 5.70. The van der Waals surface area contributed by atoms with Crippen LogP contribution in [0.1, 0.15) is 0 Å². The number of hydrogen-bond acceptors (Lipinski definition) is 2. The van der Waals surface area contributed by atoms with Crippen molar-refractivity contribution in [1.29, 1.82) is 0 Å². The third-order valence-electron chi connectivity index (χ3n) is 0.279. The monoisotopic (exact) mass is 132 g/mol. The molecule has 3 heteroatoms. The Balaban J connectivity index is 3.02. The summed E-state index contributed by atoms with van der Waals surface area (Å²) in [6.45, 7) is 0. The molecule has 7 heavy (non-hydrogen) atoms. The molecule has 1 nitrogen and oxygen atoms in total. The van der Waals surface area contributed by atoms with E-state index >= 15 is 0 Å². The van der Waals surface area contributed by atoms with Gasteiger partial charge in [-0.2, -0.15) is 0 Å². The van der Waals surface area contributed by atoms with Crippen molar-refractivity contribution in [2.24, 2.45) is 0 Å². The summed E-state index contributed by atoms with van der Waals surface area (Å²) in [5.74, 6) is 2.77. The lowest BCUT2D eigenvalue weighted by Crippen LogP contribution is -1.82. The molecule has 0 fully saturated rings. The first-order valence-electron chi connectivity index (χ1n) is 1.56. The third kappa shape index (κ3) is 5.80. The number of thioether (sulfide) groups is 1. The van der Waals surface area contributed by atoms with Gasteiger partial charge in [-0.25, -0.2) is 0 Å². The van der Waals surface area contributed by atoms with Gasteiger partial charge in [0.15, 0.2) is 0 Å². The molecule has 1 N–H and O–H groups in total. The van der Waals surface area contributed by atoms with E-state index in [1.54, 1.807) is 0 Å². The van der Waals surface area contributed by atoms with Crippen LogP contribution in [-0.2, 0) is 0 Å². The van der Waals surface area contributed by atoms with Gasteiger partial charge < -0.3 is 5.11 Å². The molecule has 0 aromatic carbocycles.